The summed E-state index contributed by atoms with van der Waals surface area (Å²) >= 11 is 11.2. The van der Waals surface area contributed by atoms with Gasteiger partial charge in [-0.05, 0) is 18.2 Å². The van der Waals surface area contributed by atoms with Gasteiger partial charge in [0.1, 0.15) is 10.0 Å². The molecule has 9 heteroatoms. The Kier molecular flexibility index (Phi) is 4.12. The first-order valence-corrected chi connectivity index (χ1v) is 7.33. The summed E-state index contributed by atoms with van der Waals surface area (Å²) in [6.07, 6.45) is 0.952. The van der Waals surface area contributed by atoms with E-state index in [1.165, 1.54) is 6.07 Å². The summed E-state index contributed by atoms with van der Waals surface area (Å²) in [4.78, 5) is 3.25. The summed E-state index contributed by atoms with van der Waals surface area (Å²) in [5, 5.41) is -0.142. The van der Waals surface area contributed by atoms with Gasteiger partial charge in [0, 0.05) is 6.20 Å². The van der Waals surface area contributed by atoms with E-state index < -0.39 is 27.3 Å². The van der Waals surface area contributed by atoms with Crippen LogP contribution in [0.4, 0.5) is 14.5 Å². The van der Waals surface area contributed by atoms with E-state index >= 15 is 0 Å². The largest absolute Gasteiger partial charge is 0.276 e. The number of pyridine rings is 1. The number of sulfonamides is 1. The van der Waals surface area contributed by atoms with Crippen molar-refractivity contribution < 1.29 is 17.2 Å². The van der Waals surface area contributed by atoms with Gasteiger partial charge in [0.15, 0.2) is 11.6 Å². The third kappa shape index (κ3) is 3.00. The van der Waals surface area contributed by atoms with Crippen LogP contribution in [0.1, 0.15) is 0 Å². The first kappa shape index (κ1) is 15.0. The molecule has 0 saturated heterocycles. The van der Waals surface area contributed by atoms with Crippen LogP contribution >= 0.6 is 23.2 Å². The summed E-state index contributed by atoms with van der Waals surface area (Å²) < 4.78 is 52.3. The summed E-state index contributed by atoms with van der Waals surface area (Å²) in [5.74, 6) is -2.47. The van der Waals surface area contributed by atoms with E-state index in [0.717, 1.165) is 24.4 Å². The number of aromatic nitrogens is 1. The SMILES string of the molecule is O=S(=O)(Nc1cccc(F)c1F)c1cnc(Cl)c(Cl)c1. The maximum absolute atomic E-state index is 13.4. The molecule has 1 aromatic heterocycles. The van der Waals surface area contributed by atoms with Crippen LogP contribution in [0, 0.1) is 11.6 Å². The smallest absolute Gasteiger partial charge is 0.263 e. The highest BCUT2D eigenvalue weighted by molar-refractivity contribution is 7.92. The number of nitrogens with one attached hydrogen (secondary N) is 1. The third-order valence-electron chi connectivity index (χ3n) is 2.28. The zero-order chi connectivity index (χ0) is 14.9. The molecule has 20 heavy (non-hydrogen) atoms. The van der Waals surface area contributed by atoms with Gasteiger partial charge in [0.25, 0.3) is 10.0 Å². The lowest BCUT2D eigenvalue weighted by atomic mass is 10.3. The molecule has 0 radical (unpaired) electrons. The lowest BCUT2D eigenvalue weighted by Crippen LogP contribution is -2.14. The summed E-state index contributed by atoms with van der Waals surface area (Å²) in [5.41, 5.74) is -0.518. The molecule has 0 amide bonds. The van der Waals surface area contributed by atoms with E-state index in [-0.39, 0.29) is 15.1 Å². The molecule has 0 aliphatic carbocycles. The molecule has 0 aliphatic rings. The fourth-order valence-corrected chi connectivity index (χ4v) is 2.70. The molecule has 0 unspecified atom stereocenters. The molecule has 0 aliphatic heterocycles. The molecule has 2 aromatic rings. The fourth-order valence-electron chi connectivity index (χ4n) is 1.34. The Bertz CT molecular complexity index is 769. The minimum absolute atomic E-state index is 0.0671. The third-order valence-corrected chi connectivity index (χ3v) is 4.30. The Morgan fingerprint density at radius 3 is 2.55 bits per heavy atom. The molecule has 0 atom stereocenters. The number of nitrogens with zero attached hydrogens (tertiary/aromatic N) is 1. The van der Waals surface area contributed by atoms with Crippen molar-refractivity contribution in [2.75, 3.05) is 4.72 Å². The summed E-state index contributed by atoms with van der Waals surface area (Å²) in [6, 6.07) is 4.18. The molecule has 0 bridgehead atoms. The van der Waals surface area contributed by atoms with E-state index in [9.17, 15) is 17.2 Å². The van der Waals surface area contributed by atoms with Crippen molar-refractivity contribution in [3.63, 3.8) is 0 Å². The van der Waals surface area contributed by atoms with Crippen LogP contribution in [-0.4, -0.2) is 13.4 Å². The average Bonchev–Trinajstić information content (AvgIpc) is 2.38. The molecular weight excluding hydrogens is 333 g/mol. The monoisotopic (exact) mass is 338 g/mol. The van der Waals surface area contributed by atoms with E-state index in [4.69, 9.17) is 23.2 Å². The van der Waals surface area contributed by atoms with Crippen molar-refractivity contribution in [3.8, 4) is 0 Å². The highest BCUT2D eigenvalue weighted by Gasteiger charge is 2.19. The first-order chi connectivity index (χ1) is 9.31. The Morgan fingerprint density at radius 2 is 1.90 bits per heavy atom. The molecule has 1 N–H and O–H groups in total. The van der Waals surface area contributed by atoms with Crippen molar-refractivity contribution in [2.45, 2.75) is 4.90 Å². The van der Waals surface area contributed by atoms with Crippen LogP contribution in [-0.2, 0) is 10.0 Å². The lowest BCUT2D eigenvalue weighted by Gasteiger charge is -2.09. The predicted octanol–water partition coefficient (Wildman–Crippen LogP) is 3.47. The van der Waals surface area contributed by atoms with Crippen LogP contribution in [0.5, 0.6) is 0 Å². The number of benzene rings is 1. The Balaban J connectivity index is 2.41. The van der Waals surface area contributed by atoms with Gasteiger partial charge in [-0.1, -0.05) is 29.3 Å². The topological polar surface area (TPSA) is 59.1 Å². The van der Waals surface area contributed by atoms with Gasteiger partial charge in [-0.2, -0.15) is 0 Å². The van der Waals surface area contributed by atoms with Crippen LogP contribution in [0.3, 0.4) is 0 Å². The molecule has 2 rings (SSSR count). The van der Waals surface area contributed by atoms with Crippen molar-refractivity contribution in [2.24, 2.45) is 0 Å². The van der Waals surface area contributed by atoms with Gasteiger partial charge in [0.05, 0.1) is 10.7 Å². The molecule has 0 spiro atoms. The second kappa shape index (κ2) is 5.51. The molecule has 106 valence electrons. The Hall–Kier alpha value is -1.44. The Labute approximate surface area is 123 Å². The zero-order valence-electron chi connectivity index (χ0n) is 9.57. The number of rotatable bonds is 3. The van der Waals surface area contributed by atoms with E-state index in [1.807, 2.05) is 4.72 Å². The van der Waals surface area contributed by atoms with Gasteiger partial charge < -0.3 is 0 Å². The van der Waals surface area contributed by atoms with E-state index in [0.29, 0.717) is 0 Å². The summed E-state index contributed by atoms with van der Waals surface area (Å²) in [6.45, 7) is 0. The maximum atomic E-state index is 13.4. The van der Waals surface area contributed by atoms with Gasteiger partial charge >= 0.3 is 0 Å². The van der Waals surface area contributed by atoms with Crippen molar-refractivity contribution in [1.29, 1.82) is 0 Å². The molecular formula is C11H6Cl2F2N2O2S. The second-order valence-corrected chi connectivity index (χ2v) is 6.10. The van der Waals surface area contributed by atoms with Crippen molar-refractivity contribution >= 4 is 38.9 Å². The van der Waals surface area contributed by atoms with E-state index in [2.05, 4.69) is 4.98 Å². The molecule has 0 saturated carbocycles. The van der Waals surface area contributed by atoms with Gasteiger partial charge in [-0.3, -0.25) is 4.72 Å². The summed E-state index contributed by atoms with van der Waals surface area (Å²) in [7, 11) is -4.15. The van der Waals surface area contributed by atoms with Crippen LogP contribution in [0.2, 0.25) is 10.2 Å². The van der Waals surface area contributed by atoms with Gasteiger partial charge in [-0.25, -0.2) is 22.2 Å². The highest BCUT2D eigenvalue weighted by Crippen LogP contribution is 2.25. The van der Waals surface area contributed by atoms with Gasteiger partial charge in [-0.15, -0.1) is 0 Å². The van der Waals surface area contributed by atoms with Crippen LogP contribution in [0.15, 0.2) is 35.4 Å². The van der Waals surface area contributed by atoms with Gasteiger partial charge in [0.2, 0.25) is 0 Å². The fraction of sp³-hybridized carbons (Fsp3) is 0. The molecule has 0 fully saturated rings. The standard InChI is InChI=1S/C11H6Cl2F2N2O2S/c12-7-4-6(5-16-11(7)13)20(18,19)17-9-3-1-2-8(14)10(9)15/h1-5,17H. The quantitative estimate of drug-likeness (QED) is 0.871. The van der Waals surface area contributed by atoms with Crippen LogP contribution in [0.25, 0.3) is 0 Å². The number of hydrogen-bond donors (Lipinski definition) is 1. The normalized spacial score (nSPS) is 11.4. The highest BCUT2D eigenvalue weighted by atomic mass is 35.5. The maximum Gasteiger partial charge on any atom is 0.263 e. The molecule has 1 heterocycles. The molecule has 1 aromatic carbocycles. The van der Waals surface area contributed by atoms with Crippen LogP contribution < -0.4 is 4.72 Å². The average molecular weight is 339 g/mol. The number of hydrogen-bond acceptors (Lipinski definition) is 3. The van der Waals surface area contributed by atoms with Crippen molar-refractivity contribution in [1.82, 2.24) is 4.98 Å². The lowest BCUT2D eigenvalue weighted by molar-refractivity contribution is 0.511. The number of halogens is 4. The predicted molar refractivity (Wildman–Crippen MR) is 71.4 cm³/mol. The van der Waals surface area contributed by atoms with Crippen molar-refractivity contribution in [3.05, 3.63) is 52.3 Å². The minimum atomic E-state index is -4.15. The number of anilines is 1. The minimum Gasteiger partial charge on any atom is -0.276 e. The Morgan fingerprint density at radius 1 is 1.20 bits per heavy atom. The first-order valence-electron chi connectivity index (χ1n) is 5.09. The zero-order valence-corrected chi connectivity index (χ0v) is 11.9. The molecule has 4 nitrogen and oxygen atoms in total. The van der Waals surface area contributed by atoms with E-state index in [1.54, 1.807) is 0 Å². The second-order valence-electron chi connectivity index (χ2n) is 3.65.